The number of fused-ring (bicyclic) bond motifs is 2. The minimum atomic E-state index is 0.675. The molecular weight excluding hydrogens is 280 g/mol. The summed E-state index contributed by atoms with van der Waals surface area (Å²) in [5.74, 6) is 0.922. The molecule has 1 aliphatic carbocycles. The molecule has 2 atom stereocenters. The molecule has 2 nitrogen and oxygen atoms in total. The fourth-order valence-electron chi connectivity index (χ4n) is 4.22. The van der Waals surface area contributed by atoms with Crippen LogP contribution in [0.2, 0.25) is 5.15 Å². The average Bonchev–Trinajstić information content (AvgIpc) is 2.97. The Balaban J connectivity index is 1.62. The lowest BCUT2D eigenvalue weighted by atomic mass is 9.91. The average molecular weight is 301 g/mol. The highest BCUT2D eigenvalue weighted by atomic mass is 35.5. The zero-order valence-electron chi connectivity index (χ0n) is 12.3. The van der Waals surface area contributed by atoms with Gasteiger partial charge in [0.1, 0.15) is 5.15 Å². The molecule has 2 aromatic rings. The summed E-state index contributed by atoms with van der Waals surface area (Å²) in [6, 6.07) is 11.2. The molecule has 0 N–H and O–H groups in total. The molecule has 3 heteroatoms. The summed E-state index contributed by atoms with van der Waals surface area (Å²) >= 11 is 6.43. The Kier molecular flexibility index (Phi) is 3.60. The first-order chi connectivity index (χ1) is 10.3. The van der Waals surface area contributed by atoms with E-state index in [0.717, 1.165) is 24.0 Å². The van der Waals surface area contributed by atoms with Gasteiger partial charge < -0.3 is 0 Å². The molecule has 1 aromatic carbocycles. The van der Waals surface area contributed by atoms with Gasteiger partial charge in [0.2, 0.25) is 0 Å². The molecule has 1 saturated carbocycles. The van der Waals surface area contributed by atoms with Crippen LogP contribution in [-0.4, -0.2) is 22.5 Å². The lowest BCUT2D eigenvalue weighted by Crippen LogP contribution is -2.41. The van der Waals surface area contributed by atoms with Gasteiger partial charge in [0.15, 0.2) is 0 Å². The Morgan fingerprint density at radius 1 is 1.14 bits per heavy atom. The zero-order valence-corrected chi connectivity index (χ0v) is 13.0. The summed E-state index contributed by atoms with van der Waals surface area (Å²) in [5.41, 5.74) is 2.17. The Morgan fingerprint density at radius 2 is 2.00 bits per heavy atom. The zero-order chi connectivity index (χ0) is 14.2. The molecule has 1 saturated heterocycles. The highest BCUT2D eigenvalue weighted by Gasteiger charge is 2.34. The fourth-order valence-corrected chi connectivity index (χ4v) is 4.42. The maximum atomic E-state index is 6.43. The molecule has 21 heavy (non-hydrogen) atoms. The fraction of sp³-hybridized carbons (Fsp3) is 0.500. The molecule has 1 aromatic heterocycles. The van der Waals surface area contributed by atoms with Gasteiger partial charge in [-0.15, -0.1) is 0 Å². The summed E-state index contributed by atoms with van der Waals surface area (Å²) in [7, 11) is 0. The maximum absolute atomic E-state index is 6.43. The molecule has 4 rings (SSSR count). The summed E-state index contributed by atoms with van der Waals surface area (Å²) in [5, 5.41) is 1.87. The van der Waals surface area contributed by atoms with E-state index >= 15 is 0 Å². The van der Waals surface area contributed by atoms with E-state index in [1.807, 2.05) is 12.1 Å². The van der Waals surface area contributed by atoms with Crippen molar-refractivity contribution in [2.24, 2.45) is 5.92 Å². The number of aromatic nitrogens is 1. The van der Waals surface area contributed by atoms with Crippen molar-refractivity contribution in [2.75, 3.05) is 6.54 Å². The van der Waals surface area contributed by atoms with E-state index < -0.39 is 0 Å². The van der Waals surface area contributed by atoms with E-state index in [1.165, 1.54) is 49.6 Å². The summed E-state index contributed by atoms with van der Waals surface area (Å²) in [4.78, 5) is 7.22. The van der Waals surface area contributed by atoms with Gasteiger partial charge in [-0.1, -0.05) is 36.2 Å². The van der Waals surface area contributed by atoms with E-state index in [9.17, 15) is 0 Å². The number of pyridine rings is 1. The van der Waals surface area contributed by atoms with Crippen LogP contribution in [0.15, 0.2) is 30.3 Å². The van der Waals surface area contributed by atoms with Crippen molar-refractivity contribution in [2.45, 2.75) is 44.7 Å². The van der Waals surface area contributed by atoms with E-state index in [-0.39, 0.29) is 0 Å². The predicted octanol–water partition coefficient (Wildman–Crippen LogP) is 4.65. The van der Waals surface area contributed by atoms with Crippen LogP contribution in [0.5, 0.6) is 0 Å². The van der Waals surface area contributed by atoms with Crippen molar-refractivity contribution >= 4 is 22.5 Å². The standard InChI is InChI=1S/C18H21ClN2/c19-18-15(11-14-5-1-2-8-16(14)20-18)12-21-10-4-7-13-6-3-9-17(13)21/h1-2,5,8,11,13,17H,3-4,6-7,9-10,12H2. The highest BCUT2D eigenvalue weighted by molar-refractivity contribution is 6.30. The van der Waals surface area contributed by atoms with Gasteiger partial charge in [0, 0.05) is 23.5 Å². The lowest BCUT2D eigenvalue weighted by molar-refractivity contribution is 0.106. The second kappa shape index (κ2) is 5.58. The number of nitrogens with zero attached hydrogens (tertiary/aromatic N) is 2. The van der Waals surface area contributed by atoms with E-state index in [2.05, 4.69) is 28.1 Å². The quantitative estimate of drug-likeness (QED) is 0.750. The molecule has 0 spiro atoms. The third-order valence-electron chi connectivity index (χ3n) is 5.23. The van der Waals surface area contributed by atoms with E-state index in [0.29, 0.717) is 5.15 Å². The number of hydrogen-bond acceptors (Lipinski definition) is 2. The lowest BCUT2D eigenvalue weighted by Gasteiger charge is -2.37. The number of piperidine rings is 1. The van der Waals surface area contributed by atoms with Gasteiger partial charge in [-0.25, -0.2) is 4.98 Å². The first-order valence-electron chi connectivity index (χ1n) is 8.09. The van der Waals surface area contributed by atoms with Crippen LogP contribution in [0.1, 0.15) is 37.7 Å². The smallest absolute Gasteiger partial charge is 0.134 e. The second-order valence-electron chi connectivity index (χ2n) is 6.50. The van der Waals surface area contributed by atoms with Gasteiger partial charge in [-0.3, -0.25) is 4.90 Å². The molecular formula is C18H21ClN2. The Bertz CT molecular complexity index is 655. The molecule has 2 aliphatic rings. The van der Waals surface area contributed by atoms with Crippen LogP contribution in [0.25, 0.3) is 10.9 Å². The molecule has 2 heterocycles. The van der Waals surface area contributed by atoms with Crippen molar-refractivity contribution in [3.05, 3.63) is 41.0 Å². The van der Waals surface area contributed by atoms with Crippen molar-refractivity contribution < 1.29 is 0 Å². The molecule has 110 valence electrons. The van der Waals surface area contributed by atoms with Gasteiger partial charge in [0.25, 0.3) is 0 Å². The minimum absolute atomic E-state index is 0.675. The molecule has 2 unspecified atom stereocenters. The predicted molar refractivity (Wildman–Crippen MR) is 87.5 cm³/mol. The summed E-state index contributed by atoms with van der Waals surface area (Å²) < 4.78 is 0. The Morgan fingerprint density at radius 3 is 2.95 bits per heavy atom. The summed E-state index contributed by atoms with van der Waals surface area (Å²) in [6.45, 7) is 2.17. The third kappa shape index (κ3) is 2.56. The van der Waals surface area contributed by atoms with Gasteiger partial charge in [-0.2, -0.15) is 0 Å². The van der Waals surface area contributed by atoms with Crippen molar-refractivity contribution in [1.82, 2.24) is 9.88 Å². The van der Waals surface area contributed by atoms with Gasteiger partial charge in [-0.05, 0) is 50.3 Å². The van der Waals surface area contributed by atoms with Crippen molar-refractivity contribution in [3.8, 4) is 0 Å². The summed E-state index contributed by atoms with van der Waals surface area (Å²) in [6.07, 6.45) is 6.94. The Hall–Kier alpha value is -1.12. The van der Waals surface area contributed by atoms with Crippen LogP contribution in [0, 0.1) is 5.92 Å². The van der Waals surface area contributed by atoms with Crippen molar-refractivity contribution in [3.63, 3.8) is 0 Å². The SMILES string of the molecule is Clc1nc2ccccc2cc1CN1CCCC2CCCC21. The molecule has 1 aliphatic heterocycles. The first-order valence-corrected chi connectivity index (χ1v) is 8.47. The van der Waals surface area contributed by atoms with Crippen LogP contribution >= 0.6 is 11.6 Å². The van der Waals surface area contributed by atoms with Crippen LogP contribution in [0.4, 0.5) is 0 Å². The third-order valence-corrected chi connectivity index (χ3v) is 5.56. The van der Waals surface area contributed by atoms with Crippen molar-refractivity contribution in [1.29, 1.82) is 0 Å². The number of hydrogen-bond donors (Lipinski definition) is 0. The maximum Gasteiger partial charge on any atom is 0.134 e. The topological polar surface area (TPSA) is 16.1 Å². The second-order valence-corrected chi connectivity index (χ2v) is 6.86. The van der Waals surface area contributed by atoms with Crippen LogP contribution in [0.3, 0.4) is 0 Å². The monoisotopic (exact) mass is 300 g/mol. The van der Waals surface area contributed by atoms with Gasteiger partial charge in [0.05, 0.1) is 5.52 Å². The number of benzene rings is 1. The number of halogens is 1. The van der Waals surface area contributed by atoms with Gasteiger partial charge >= 0.3 is 0 Å². The number of likely N-dealkylation sites (tertiary alicyclic amines) is 1. The molecule has 0 amide bonds. The highest BCUT2D eigenvalue weighted by Crippen LogP contribution is 2.38. The molecule has 0 bridgehead atoms. The number of rotatable bonds is 2. The van der Waals surface area contributed by atoms with E-state index in [4.69, 9.17) is 11.6 Å². The molecule has 0 radical (unpaired) electrons. The van der Waals surface area contributed by atoms with E-state index in [1.54, 1.807) is 0 Å². The largest absolute Gasteiger partial charge is 0.296 e. The Labute approximate surface area is 131 Å². The van der Waals surface area contributed by atoms with Crippen LogP contribution < -0.4 is 0 Å². The van der Waals surface area contributed by atoms with Crippen LogP contribution in [-0.2, 0) is 6.54 Å². The number of para-hydroxylation sites is 1. The first kappa shape index (κ1) is 13.5. The molecule has 2 fully saturated rings. The minimum Gasteiger partial charge on any atom is -0.296 e. The normalized spacial score (nSPS) is 26.1.